The van der Waals surface area contributed by atoms with Gasteiger partial charge in [0.05, 0.1) is 17.7 Å². The van der Waals surface area contributed by atoms with Crippen LogP contribution >= 0.6 is 11.6 Å². The number of carbonyl (C=O) groups is 1. The third kappa shape index (κ3) is 2.12. The highest BCUT2D eigenvalue weighted by atomic mass is 35.5. The Morgan fingerprint density at radius 2 is 2.21 bits per heavy atom. The third-order valence-corrected chi connectivity index (χ3v) is 2.00. The second-order valence-electron chi connectivity index (χ2n) is 2.59. The van der Waals surface area contributed by atoms with Gasteiger partial charge < -0.3 is 4.74 Å². The molecule has 0 saturated heterocycles. The number of hydrogen-bond acceptors (Lipinski definition) is 2. The summed E-state index contributed by atoms with van der Waals surface area (Å²) >= 11 is 5.72. The maximum absolute atomic E-state index is 12.7. The fourth-order valence-electron chi connectivity index (χ4n) is 0.967. The summed E-state index contributed by atoms with van der Waals surface area (Å²) < 4.78 is 17.1. The Morgan fingerprint density at radius 3 is 2.71 bits per heavy atom. The second kappa shape index (κ2) is 4.24. The van der Waals surface area contributed by atoms with Crippen LogP contribution in [0.1, 0.15) is 5.56 Å². The minimum absolute atomic E-state index is 0.109. The van der Waals surface area contributed by atoms with Crippen molar-refractivity contribution in [3.63, 3.8) is 0 Å². The quantitative estimate of drug-likeness (QED) is 0.559. The molecule has 0 aliphatic carbocycles. The zero-order chi connectivity index (χ0) is 10.7. The average Bonchev–Trinajstić information content (AvgIpc) is 2.15. The van der Waals surface area contributed by atoms with Gasteiger partial charge in [0, 0.05) is 5.56 Å². The molecule has 0 saturated carbocycles. The van der Waals surface area contributed by atoms with Crippen LogP contribution in [0.5, 0.6) is 0 Å². The van der Waals surface area contributed by atoms with Gasteiger partial charge in [-0.2, -0.15) is 0 Å². The lowest BCUT2D eigenvalue weighted by Crippen LogP contribution is -2.03. The van der Waals surface area contributed by atoms with Crippen LogP contribution in [0, 0.1) is 5.82 Å². The van der Waals surface area contributed by atoms with Gasteiger partial charge in [0.2, 0.25) is 0 Å². The Kier molecular flexibility index (Phi) is 3.25. The van der Waals surface area contributed by atoms with Crippen LogP contribution < -0.4 is 0 Å². The minimum atomic E-state index is -0.585. The molecule has 14 heavy (non-hydrogen) atoms. The van der Waals surface area contributed by atoms with Gasteiger partial charge in [-0.05, 0) is 18.2 Å². The molecule has 0 unspecified atom stereocenters. The van der Waals surface area contributed by atoms with Crippen LogP contribution in [0.2, 0.25) is 5.02 Å². The van der Waals surface area contributed by atoms with Gasteiger partial charge in [0.1, 0.15) is 5.82 Å². The summed E-state index contributed by atoms with van der Waals surface area (Å²) in [6, 6.07) is 3.71. The van der Waals surface area contributed by atoms with Gasteiger partial charge in [-0.15, -0.1) is 0 Å². The van der Waals surface area contributed by atoms with Crippen molar-refractivity contribution in [2.24, 2.45) is 0 Å². The van der Waals surface area contributed by atoms with Gasteiger partial charge in [0.15, 0.2) is 0 Å². The van der Waals surface area contributed by atoms with Crippen LogP contribution in [-0.2, 0) is 9.53 Å². The maximum Gasteiger partial charge on any atom is 0.337 e. The topological polar surface area (TPSA) is 26.3 Å². The Balaban J connectivity index is 3.08. The Morgan fingerprint density at radius 1 is 1.57 bits per heavy atom. The monoisotopic (exact) mass is 214 g/mol. The van der Waals surface area contributed by atoms with Crippen molar-refractivity contribution in [1.82, 2.24) is 0 Å². The molecule has 0 amide bonds. The molecule has 2 nitrogen and oxygen atoms in total. The van der Waals surface area contributed by atoms with E-state index in [1.165, 1.54) is 19.2 Å². The summed E-state index contributed by atoms with van der Waals surface area (Å²) in [5.74, 6) is -1.05. The first kappa shape index (κ1) is 10.7. The molecule has 0 aliphatic heterocycles. The van der Waals surface area contributed by atoms with Crippen molar-refractivity contribution in [3.8, 4) is 0 Å². The van der Waals surface area contributed by atoms with E-state index in [0.717, 1.165) is 6.07 Å². The minimum Gasteiger partial charge on any atom is -0.465 e. The molecular formula is C10H8ClFO2. The van der Waals surface area contributed by atoms with E-state index in [1.54, 1.807) is 0 Å². The number of hydrogen-bond donors (Lipinski definition) is 0. The summed E-state index contributed by atoms with van der Waals surface area (Å²) in [6.45, 7) is 3.50. The number of ether oxygens (including phenoxy) is 1. The molecule has 1 aromatic rings. The molecule has 0 spiro atoms. The number of carbonyl (C=O) groups excluding carboxylic acids is 1. The van der Waals surface area contributed by atoms with E-state index in [0.29, 0.717) is 5.56 Å². The van der Waals surface area contributed by atoms with E-state index in [9.17, 15) is 9.18 Å². The van der Waals surface area contributed by atoms with Crippen LogP contribution in [0.15, 0.2) is 24.8 Å². The van der Waals surface area contributed by atoms with Gasteiger partial charge in [-0.1, -0.05) is 18.2 Å². The molecule has 1 rings (SSSR count). The summed E-state index contributed by atoms with van der Waals surface area (Å²) in [4.78, 5) is 11.1. The molecule has 0 bridgehead atoms. The van der Waals surface area contributed by atoms with Crippen LogP contribution in [-0.4, -0.2) is 13.1 Å². The molecule has 0 heterocycles. The predicted molar refractivity (Wildman–Crippen MR) is 52.5 cm³/mol. The van der Waals surface area contributed by atoms with E-state index >= 15 is 0 Å². The summed E-state index contributed by atoms with van der Waals surface area (Å²) in [7, 11) is 1.24. The van der Waals surface area contributed by atoms with Crippen molar-refractivity contribution in [3.05, 3.63) is 41.2 Å². The number of methoxy groups -OCH3 is 1. The summed E-state index contributed by atoms with van der Waals surface area (Å²) in [5.41, 5.74) is 0.484. The molecule has 0 fully saturated rings. The van der Waals surface area contributed by atoms with Crippen molar-refractivity contribution in [2.45, 2.75) is 0 Å². The number of esters is 1. The van der Waals surface area contributed by atoms with Crippen LogP contribution in [0.3, 0.4) is 0 Å². The molecule has 0 radical (unpaired) electrons. The van der Waals surface area contributed by atoms with Crippen molar-refractivity contribution in [1.29, 1.82) is 0 Å². The molecule has 74 valence electrons. The number of rotatable bonds is 2. The summed E-state index contributed by atoms with van der Waals surface area (Å²) in [6.07, 6.45) is 0. The lowest BCUT2D eigenvalue weighted by atomic mass is 10.1. The van der Waals surface area contributed by atoms with Crippen molar-refractivity contribution < 1.29 is 13.9 Å². The average molecular weight is 215 g/mol. The third-order valence-electron chi connectivity index (χ3n) is 1.69. The van der Waals surface area contributed by atoms with Crippen molar-refractivity contribution in [2.75, 3.05) is 7.11 Å². The van der Waals surface area contributed by atoms with Gasteiger partial charge >= 0.3 is 5.97 Å². The molecule has 0 aromatic heterocycles. The number of halogens is 2. The van der Waals surface area contributed by atoms with E-state index in [1.807, 2.05) is 0 Å². The first-order chi connectivity index (χ1) is 6.56. The van der Waals surface area contributed by atoms with Gasteiger partial charge in [0.25, 0.3) is 0 Å². The lowest BCUT2D eigenvalue weighted by Gasteiger charge is -2.05. The predicted octanol–water partition coefficient (Wildman–Crippen LogP) is 2.67. The van der Waals surface area contributed by atoms with Crippen LogP contribution in [0.25, 0.3) is 5.57 Å². The molecule has 0 atom stereocenters. The summed E-state index contributed by atoms with van der Waals surface area (Å²) in [5, 5.41) is 0.139. The second-order valence-corrected chi connectivity index (χ2v) is 3.00. The fraction of sp³-hybridized carbons (Fsp3) is 0.100. The fourth-order valence-corrected chi connectivity index (χ4v) is 1.25. The zero-order valence-corrected chi connectivity index (χ0v) is 8.27. The Labute approximate surface area is 85.9 Å². The van der Waals surface area contributed by atoms with E-state index in [4.69, 9.17) is 11.6 Å². The zero-order valence-electron chi connectivity index (χ0n) is 7.51. The van der Waals surface area contributed by atoms with Crippen LogP contribution in [0.4, 0.5) is 4.39 Å². The van der Waals surface area contributed by atoms with E-state index < -0.39 is 11.8 Å². The highest BCUT2D eigenvalue weighted by Gasteiger charge is 2.12. The normalized spacial score (nSPS) is 9.64. The molecule has 0 aliphatic rings. The first-order valence-electron chi connectivity index (χ1n) is 3.79. The molecule has 1 aromatic carbocycles. The van der Waals surface area contributed by atoms with E-state index in [2.05, 4.69) is 11.3 Å². The molecule has 0 N–H and O–H groups in total. The number of benzene rings is 1. The molecular weight excluding hydrogens is 207 g/mol. The lowest BCUT2D eigenvalue weighted by molar-refractivity contribution is -0.133. The van der Waals surface area contributed by atoms with E-state index in [-0.39, 0.29) is 10.6 Å². The maximum atomic E-state index is 12.7. The first-order valence-corrected chi connectivity index (χ1v) is 4.16. The van der Waals surface area contributed by atoms with Gasteiger partial charge in [-0.25, -0.2) is 9.18 Å². The molecule has 4 heteroatoms. The highest BCUT2D eigenvalue weighted by molar-refractivity contribution is 6.34. The standard InChI is InChI=1S/C10H8ClFO2/c1-6(10(13)14-2)8-4-3-7(12)5-9(8)11/h3-5H,1H2,2H3. The van der Waals surface area contributed by atoms with Crippen molar-refractivity contribution >= 4 is 23.1 Å². The Hall–Kier alpha value is -1.35. The van der Waals surface area contributed by atoms with Gasteiger partial charge in [-0.3, -0.25) is 0 Å². The smallest absolute Gasteiger partial charge is 0.337 e. The Bertz CT molecular complexity index is 388. The highest BCUT2D eigenvalue weighted by Crippen LogP contribution is 2.24. The SMILES string of the molecule is C=C(C(=O)OC)c1ccc(F)cc1Cl. The largest absolute Gasteiger partial charge is 0.465 e.